The van der Waals surface area contributed by atoms with Crippen molar-refractivity contribution in [3.05, 3.63) is 0 Å². The van der Waals surface area contributed by atoms with E-state index in [2.05, 4.69) is 0 Å². The van der Waals surface area contributed by atoms with Gasteiger partial charge in [0, 0.05) is 34.3 Å². The molecule has 1 aliphatic rings. The molecule has 1 saturated carbocycles. The standard InChI is InChI=1S/C13H25N3O3/c1-15(2)11(17)9-16(7-8-19-3)12(18)13(10-14)5-4-6-13/h4-10,14H2,1-3H3. The summed E-state index contributed by atoms with van der Waals surface area (Å²) in [6.45, 7) is 1.30. The molecule has 6 heteroatoms. The fourth-order valence-electron chi connectivity index (χ4n) is 2.20. The van der Waals surface area contributed by atoms with Crippen LogP contribution in [0.5, 0.6) is 0 Å². The number of carbonyl (C=O) groups is 2. The highest BCUT2D eigenvalue weighted by Crippen LogP contribution is 2.41. The second-order valence-electron chi connectivity index (χ2n) is 5.35. The van der Waals surface area contributed by atoms with E-state index in [1.54, 1.807) is 26.1 Å². The predicted molar refractivity (Wildman–Crippen MR) is 72.5 cm³/mol. The number of nitrogens with two attached hydrogens (primary N) is 1. The first-order chi connectivity index (χ1) is 8.96. The van der Waals surface area contributed by atoms with Crippen molar-refractivity contribution < 1.29 is 14.3 Å². The normalized spacial score (nSPS) is 16.6. The molecule has 19 heavy (non-hydrogen) atoms. The molecule has 1 fully saturated rings. The van der Waals surface area contributed by atoms with E-state index in [-0.39, 0.29) is 18.4 Å². The molecule has 2 amide bonds. The van der Waals surface area contributed by atoms with E-state index in [0.29, 0.717) is 19.7 Å². The summed E-state index contributed by atoms with van der Waals surface area (Å²) in [5.41, 5.74) is 5.31. The molecule has 0 aromatic heterocycles. The lowest BCUT2D eigenvalue weighted by Crippen LogP contribution is -2.54. The first-order valence-electron chi connectivity index (χ1n) is 6.65. The molecule has 0 heterocycles. The second-order valence-corrected chi connectivity index (χ2v) is 5.35. The summed E-state index contributed by atoms with van der Waals surface area (Å²) >= 11 is 0. The molecule has 1 rings (SSSR count). The minimum atomic E-state index is -0.444. The van der Waals surface area contributed by atoms with Crippen LogP contribution in [-0.2, 0) is 14.3 Å². The first kappa shape index (κ1) is 15.9. The third-order valence-corrected chi connectivity index (χ3v) is 3.83. The lowest BCUT2D eigenvalue weighted by molar-refractivity contribution is -0.151. The molecule has 6 nitrogen and oxygen atoms in total. The number of rotatable bonds is 7. The fourth-order valence-corrected chi connectivity index (χ4v) is 2.20. The van der Waals surface area contributed by atoms with Gasteiger partial charge in [0.1, 0.15) is 0 Å². The third kappa shape index (κ3) is 3.67. The van der Waals surface area contributed by atoms with Crippen molar-refractivity contribution in [2.24, 2.45) is 11.1 Å². The zero-order chi connectivity index (χ0) is 14.5. The third-order valence-electron chi connectivity index (χ3n) is 3.83. The molecule has 0 aromatic rings. The smallest absolute Gasteiger partial charge is 0.241 e. The topological polar surface area (TPSA) is 75.9 Å². The van der Waals surface area contributed by atoms with Crippen LogP contribution in [0.2, 0.25) is 0 Å². The number of nitrogens with zero attached hydrogens (tertiary/aromatic N) is 2. The van der Waals surface area contributed by atoms with Gasteiger partial charge in [-0.1, -0.05) is 6.42 Å². The molecule has 0 radical (unpaired) electrons. The van der Waals surface area contributed by atoms with Gasteiger partial charge in [0.15, 0.2) is 0 Å². The highest BCUT2D eigenvalue weighted by molar-refractivity contribution is 5.88. The molecule has 0 unspecified atom stereocenters. The lowest BCUT2D eigenvalue weighted by atomic mass is 9.68. The number of likely N-dealkylation sites (N-methyl/N-ethyl adjacent to an activating group) is 1. The van der Waals surface area contributed by atoms with Gasteiger partial charge < -0.3 is 20.3 Å². The van der Waals surface area contributed by atoms with E-state index in [1.165, 1.54) is 4.90 Å². The van der Waals surface area contributed by atoms with Crippen LogP contribution in [0.3, 0.4) is 0 Å². The molecule has 0 aromatic carbocycles. The molecule has 2 N–H and O–H groups in total. The monoisotopic (exact) mass is 271 g/mol. The van der Waals surface area contributed by atoms with Crippen molar-refractivity contribution in [2.75, 3.05) is 47.4 Å². The van der Waals surface area contributed by atoms with Crippen LogP contribution in [0, 0.1) is 5.41 Å². The molecule has 110 valence electrons. The number of methoxy groups -OCH3 is 1. The van der Waals surface area contributed by atoms with E-state index in [0.717, 1.165) is 19.3 Å². The van der Waals surface area contributed by atoms with Crippen LogP contribution in [0.4, 0.5) is 0 Å². The Morgan fingerprint density at radius 1 is 1.32 bits per heavy atom. The van der Waals surface area contributed by atoms with Crippen LogP contribution in [0.25, 0.3) is 0 Å². The average Bonchev–Trinajstić information content (AvgIpc) is 2.33. The Bertz CT molecular complexity index is 322. The summed E-state index contributed by atoms with van der Waals surface area (Å²) in [6.07, 6.45) is 2.67. The SMILES string of the molecule is COCCN(CC(=O)N(C)C)C(=O)C1(CN)CCC1. The molecular formula is C13H25N3O3. The van der Waals surface area contributed by atoms with Crippen LogP contribution in [0.15, 0.2) is 0 Å². The quantitative estimate of drug-likeness (QED) is 0.688. The molecule has 0 saturated heterocycles. The maximum absolute atomic E-state index is 12.6. The fraction of sp³-hybridized carbons (Fsp3) is 0.846. The number of hydrogen-bond acceptors (Lipinski definition) is 4. The van der Waals surface area contributed by atoms with Gasteiger partial charge in [-0.25, -0.2) is 0 Å². The van der Waals surface area contributed by atoms with E-state index in [1.807, 2.05) is 0 Å². The minimum Gasteiger partial charge on any atom is -0.383 e. The van der Waals surface area contributed by atoms with E-state index in [4.69, 9.17) is 10.5 Å². The number of ether oxygens (including phenoxy) is 1. The number of amides is 2. The minimum absolute atomic E-state index is 0.00602. The summed E-state index contributed by atoms with van der Waals surface area (Å²) in [5, 5.41) is 0. The van der Waals surface area contributed by atoms with E-state index in [9.17, 15) is 9.59 Å². The van der Waals surface area contributed by atoms with Crippen molar-refractivity contribution in [1.29, 1.82) is 0 Å². The van der Waals surface area contributed by atoms with Gasteiger partial charge in [-0.15, -0.1) is 0 Å². The van der Waals surface area contributed by atoms with Crippen molar-refractivity contribution in [2.45, 2.75) is 19.3 Å². The Labute approximate surface area is 114 Å². The highest BCUT2D eigenvalue weighted by Gasteiger charge is 2.45. The van der Waals surface area contributed by atoms with Crippen molar-refractivity contribution in [3.63, 3.8) is 0 Å². The van der Waals surface area contributed by atoms with Gasteiger partial charge in [-0.05, 0) is 12.8 Å². The second kappa shape index (κ2) is 6.86. The van der Waals surface area contributed by atoms with Crippen molar-refractivity contribution >= 4 is 11.8 Å². The zero-order valence-corrected chi connectivity index (χ0v) is 12.1. The predicted octanol–water partition coefficient (Wildman–Crippen LogP) is -0.321. The number of carbonyl (C=O) groups excluding carboxylic acids is 2. The maximum Gasteiger partial charge on any atom is 0.241 e. The van der Waals surface area contributed by atoms with Gasteiger partial charge in [-0.3, -0.25) is 9.59 Å². The Kier molecular flexibility index (Phi) is 5.75. The van der Waals surface area contributed by atoms with Gasteiger partial charge >= 0.3 is 0 Å². The summed E-state index contributed by atoms with van der Waals surface area (Å²) in [7, 11) is 4.95. The summed E-state index contributed by atoms with van der Waals surface area (Å²) in [5.74, 6) is -0.0931. The average molecular weight is 271 g/mol. The largest absolute Gasteiger partial charge is 0.383 e. The summed E-state index contributed by atoms with van der Waals surface area (Å²) in [4.78, 5) is 27.4. The van der Waals surface area contributed by atoms with Crippen LogP contribution in [-0.4, -0.2) is 69.1 Å². The first-order valence-corrected chi connectivity index (χ1v) is 6.65. The molecule has 0 aliphatic heterocycles. The Morgan fingerprint density at radius 3 is 2.32 bits per heavy atom. The Balaban J connectivity index is 2.72. The van der Waals surface area contributed by atoms with Crippen LogP contribution < -0.4 is 5.73 Å². The van der Waals surface area contributed by atoms with Crippen LogP contribution in [0.1, 0.15) is 19.3 Å². The van der Waals surface area contributed by atoms with Gasteiger partial charge in [0.05, 0.1) is 18.6 Å². The maximum atomic E-state index is 12.6. The van der Waals surface area contributed by atoms with Crippen LogP contribution >= 0.6 is 0 Å². The van der Waals surface area contributed by atoms with Crippen molar-refractivity contribution in [1.82, 2.24) is 9.80 Å². The van der Waals surface area contributed by atoms with E-state index >= 15 is 0 Å². The van der Waals surface area contributed by atoms with Crippen molar-refractivity contribution in [3.8, 4) is 0 Å². The lowest BCUT2D eigenvalue weighted by Gasteiger charge is -2.42. The van der Waals surface area contributed by atoms with Gasteiger partial charge in [0.2, 0.25) is 11.8 Å². The Morgan fingerprint density at radius 2 is 1.95 bits per heavy atom. The molecule has 0 atom stereocenters. The number of hydrogen-bond donors (Lipinski definition) is 1. The van der Waals surface area contributed by atoms with Gasteiger partial charge in [0.25, 0.3) is 0 Å². The Hall–Kier alpha value is -1.14. The molecule has 0 bridgehead atoms. The molecule has 0 spiro atoms. The zero-order valence-electron chi connectivity index (χ0n) is 12.1. The molecular weight excluding hydrogens is 246 g/mol. The molecule has 1 aliphatic carbocycles. The highest BCUT2D eigenvalue weighted by atomic mass is 16.5. The summed E-state index contributed by atoms with van der Waals surface area (Å²) < 4.78 is 5.01. The summed E-state index contributed by atoms with van der Waals surface area (Å²) in [6, 6.07) is 0. The van der Waals surface area contributed by atoms with Gasteiger partial charge in [-0.2, -0.15) is 0 Å². The van der Waals surface area contributed by atoms with E-state index < -0.39 is 5.41 Å².